The van der Waals surface area contributed by atoms with Crippen LogP contribution in [0, 0.1) is 11.3 Å². The molecule has 3 N–H and O–H groups in total. The van der Waals surface area contributed by atoms with Crippen molar-refractivity contribution in [2.75, 3.05) is 26.8 Å². The van der Waals surface area contributed by atoms with Crippen molar-refractivity contribution < 1.29 is 37.4 Å². The van der Waals surface area contributed by atoms with Crippen LogP contribution in [0.5, 0.6) is 0 Å². The molecule has 30 heavy (non-hydrogen) atoms. The van der Waals surface area contributed by atoms with Gasteiger partial charge in [-0.15, -0.1) is 0 Å². The number of hydrogen-bond donors (Lipinski definition) is 2. The zero-order valence-electron chi connectivity index (χ0n) is 16.7. The van der Waals surface area contributed by atoms with Gasteiger partial charge in [-0.1, -0.05) is 0 Å². The zero-order chi connectivity index (χ0) is 22.9. The third-order valence-electron chi connectivity index (χ3n) is 4.97. The van der Waals surface area contributed by atoms with Gasteiger partial charge in [0.1, 0.15) is 6.04 Å². The van der Waals surface area contributed by atoms with Crippen LogP contribution < -0.4 is 5.73 Å². The third-order valence-corrected chi connectivity index (χ3v) is 4.97. The van der Waals surface area contributed by atoms with Gasteiger partial charge < -0.3 is 25.4 Å². The minimum absolute atomic E-state index is 0.0334. The number of alkyl halides is 3. The molecular weight excluding hydrogens is 409 g/mol. The molecule has 0 spiro atoms. The second-order valence-electron chi connectivity index (χ2n) is 7.11. The van der Waals surface area contributed by atoms with Crippen LogP contribution in [0.15, 0.2) is 0 Å². The first-order chi connectivity index (χ1) is 14.0. The number of aliphatic carboxylic acids is 1. The summed E-state index contributed by atoms with van der Waals surface area (Å²) in [6.45, 7) is 1.88. The Hall–Kier alpha value is -2.39. The van der Waals surface area contributed by atoms with Crippen molar-refractivity contribution in [3.05, 3.63) is 0 Å². The second-order valence-corrected chi connectivity index (χ2v) is 7.11. The van der Waals surface area contributed by atoms with E-state index in [-0.39, 0.29) is 30.3 Å². The molecule has 2 rings (SSSR count). The van der Waals surface area contributed by atoms with Gasteiger partial charge in [0.2, 0.25) is 11.8 Å². The highest BCUT2D eigenvalue weighted by Gasteiger charge is 2.38. The summed E-state index contributed by atoms with van der Waals surface area (Å²) in [5.41, 5.74) is 5.96. The van der Waals surface area contributed by atoms with Gasteiger partial charge in [-0.05, 0) is 32.1 Å². The monoisotopic (exact) mass is 436 g/mol. The number of carbonyl (C=O) groups is 3. The summed E-state index contributed by atoms with van der Waals surface area (Å²) < 4.78 is 36.9. The molecular formula is C18H27F3N4O5. The van der Waals surface area contributed by atoms with E-state index >= 15 is 0 Å². The van der Waals surface area contributed by atoms with E-state index in [2.05, 4.69) is 6.07 Å². The summed E-state index contributed by atoms with van der Waals surface area (Å²) in [5, 5.41) is 16.2. The fourth-order valence-corrected chi connectivity index (χ4v) is 3.45. The first kappa shape index (κ1) is 25.6. The average molecular weight is 436 g/mol. The van der Waals surface area contributed by atoms with Crippen LogP contribution in [0.4, 0.5) is 13.2 Å². The lowest BCUT2D eigenvalue weighted by molar-refractivity contribution is -0.192. The Morgan fingerprint density at radius 3 is 2.33 bits per heavy atom. The van der Waals surface area contributed by atoms with Gasteiger partial charge in [0.25, 0.3) is 0 Å². The summed E-state index contributed by atoms with van der Waals surface area (Å²) in [6.07, 6.45) is -1.01. The Balaban J connectivity index is 0.000000553. The van der Waals surface area contributed by atoms with Crippen molar-refractivity contribution in [3.8, 4) is 6.07 Å². The number of rotatable bonds is 6. The Bertz CT molecular complexity index is 653. The van der Waals surface area contributed by atoms with E-state index in [1.54, 1.807) is 12.0 Å². The van der Waals surface area contributed by atoms with E-state index in [1.807, 2.05) is 4.90 Å². The van der Waals surface area contributed by atoms with Gasteiger partial charge in [0, 0.05) is 26.6 Å². The SMILES string of the molecule is COC[C@H]1CCCN1C(=O)CC[C@H](N)C(=O)N1CCC[C@H]1C#N.O=C(O)C(F)(F)F. The van der Waals surface area contributed by atoms with E-state index in [0.29, 0.717) is 26.0 Å². The van der Waals surface area contributed by atoms with E-state index in [1.165, 1.54) is 0 Å². The maximum Gasteiger partial charge on any atom is 0.490 e. The Kier molecular flexibility index (Phi) is 10.0. The molecule has 2 aliphatic heterocycles. The molecule has 9 nitrogen and oxygen atoms in total. The molecule has 170 valence electrons. The number of nitrogens with zero attached hydrogens (tertiary/aromatic N) is 3. The molecule has 0 aliphatic carbocycles. The minimum Gasteiger partial charge on any atom is -0.475 e. The normalized spacial score (nSPS) is 22.1. The van der Waals surface area contributed by atoms with Crippen LogP contribution in [-0.4, -0.2) is 83.8 Å². The third kappa shape index (κ3) is 7.46. The predicted octanol–water partition coefficient (Wildman–Crippen LogP) is 0.879. The fourth-order valence-electron chi connectivity index (χ4n) is 3.45. The molecule has 2 aliphatic rings. The number of likely N-dealkylation sites (tertiary alicyclic amines) is 2. The maximum atomic E-state index is 12.3. The first-order valence-corrected chi connectivity index (χ1v) is 9.57. The highest BCUT2D eigenvalue weighted by molar-refractivity contribution is 5.84. The van der Waals surface area contributed by atoms with Crippen LogP contribution in [0.1, 0.15) is 38.5 Å². The summed E-state index contributed by atoms with van der Waals surface area (Å²) >= 11 is 0. The number of nitriles is 1. The second kappa shape index (κ2) is 11.7. The molecule has 0 bridgehead atoms. The Morgan fingerprint density at radius 1 is 1.23 bits per heavy atom. The van der Waals surface area contributed by atoms with Crippen molar-refractivity contribution in [2.24, 2.45) is 5.73 Å². The number of hydrogen-bond acceptors (Lipinski definition) is 6. The van der Waals surface area contributed by atoms with E-state index < -0.39 is 18.2 Å². The molecule has 0 saturated carbocycles. The number of halogens is 3. The van der Waals surface area contributed by atoms with Crippen molar-refractivity contribution in [1.82, 2.24) is 9.80 Å². The minimum atomic E-state index is -5.08. The molecule has 12 heteroatoms. The standard InChI is InChI=1S/C16H26N4O3.C2HF3O2/c1-23-11-13-5-3-8-19(13)15(21)7-6-14(18)16(22)20-9-2-4-12(20)10-17;3-2(4,5)1(6)7/h12-14H,2-9,11,18H2,1H3;(H,6,7)/t12-,13+,14-;/m0./s1. The number of carbonyl (C=O) groups excluding carboxylic acids is 2. The lowest BCUT2D eigenvalue weighted by Gasteiger charge is -2.26. The van der Waals surface area contributed by atoms with Crippen LogP contribution in [-0.2, 0) is 19.1 Å². The molecule has 2 heterocycles. The lowest BCUT2D eigenvalue weighted by atomic mass is 10.1. The van der Waals surface area contributed by atoms with Crippen LogP contribution in [0.2, 0.25) is 0 Å². The molecule has 0 aromatic carbocycles. The number of nitrogens with two attached hydrogens (primary N) is 1. The zero-order valence-corrected chi connectivity index (χ0v) is 16.7. The quantitative estimate of drug-likeness (QED) is 0.630. The first-order valence-electron chi connectivity index (χ1n) is 9.57. The predicted molar refractivity (Wildman–Crippen MR) is 97.9 cm³/mol. The summed E-state index contributed by atoms with van der Waals surface area (Å²) in [5.74, 6) is -2.93. The summed E-state index contributed by atoms with van der Waals surface area (Å²) in [6, 6.07) is 1.20. The van der Waals surface area contributed by atoms with E-state index in [0.717, 1.165) is 25.8 Å². The van der Waals surface area contributed by atoms with Gasteiger partial charge in [-0.2, -0.15) is 18.4 Å². The van der Waals surface area contributed by atoms with Gasteiger partial charge in [-0.25, -0.2) is 4.79 Å². The Labute approximate surface area is 172 Å². The van der Waals surface area contributed by atoms with Crippen LogP contribution in [0.3, 0.4) is 0 Å². The Morgan fingerprint density at radius 2 is 1.80 bits per heavy atom. The molecule has 0 radical (unpaired) electrons. The number of carboxylic acid groups (broad SMARTS) is 1. The summed E-state index contributed by atoms with van der Waals surface area (Å²) in [4.78, 5) is 36.9. The molecule has 0 aromatic rings. The number of methoxy groups -OCH3 is 1. The van der Waals surface area contributed by atoms with Gasteiger partial charge in [0.15, 0.2) is 0 Å². The average Bonchev–Trinajstić information content (AvgIpc) is 3.34. The van der Waals surface area contributed by atoms with Gasteiger partial charge in [-0.3, -0.25) is 9.59 Å². The van der Waals surface area contributed by atoms with Crippen LogP contribution >= 0.6 is 0 Å². The number of ether oxygens (including phenoxy) is 1. The summed E-state index contributed by atoms with van der Waals surface area (Å²) in [7, 11) is 1.64. The number of carboxylic acids is 1. The van der Waals surface area contributed by atoms with Crippen molar-refractivity contribution >= 4 is 17.8 Å². The largest absolute Gasteiger partial charge is 0.490 e. The van der Waals surface area contributed by atoms with E-state index in [4.69, 9.17) is 25.6 Å². The van der Waals surface area contributed by atoms with E-state index in [9.17, 15) is 22.8 Å². The molecule has 0 unspecified atom stereocenters. The van der Waals surface area contributed by atoms with Gasteiger partial charge in [0.05, 0.1) is 24.8 Å². The van der Waals surface area contributed by atoms with Gasteiger partial charge >= 0.3 is 12.1 Å². The van der Waals surface area contributed by atoms with Crippen molar-refractivity contribution in [3.63, 3.8) is 0 Å². The lowest BCUT2D eigenvalue weighted by Crippen LogP contribution is -2.46. The van der Waals surface area contributed by atoms with Crippen molar-refractivity contribution in [2.45, 2.75) is 62.8 Å². The molecule has 2 fully saturated rings. The number of amides is 2. The molecule has 0 aromatic heterocycles. The smallest absolute Gasteiger partial charge is 0.475 e. The molecule has 2 saturated heterocycles. The van der Waals surface area contributed by atoms with Crippen LogP contribution in [0.25, 0.3) is 0 Å². The molecule has 2 amide bonds. The topological polar surface area (TPSA) is 137 Å². The van der Waals surface area contributed by atoms with Crippen molar-refractivity contribution in [1.29, 1.82) is 5.26 Å². The maximum absolute atomic E-state index is 12.3. The highest BCUT2D eigenvalue weighted by atomic mass is 19.4. The highest BCUT2D eigenvalue weighted by Crippen LogP contribution is 2.21. The molecule has 3 atom stereocenters. The fraction of sp³-hybridized carbons (Fsp3) is 0.778.